The summed E-state index contributed by atoms with van der Waals surface area (Å²) >= 11 is 0. The number of hydrogen-bond donors (Lipinski definition) is 2. The van der Waals surface area contributed by atoms with E-state index >= 15 is 0 Å². The lowest BCUT2D eigenvalue weighted by atomic mass is 9.77. The number of amides is 1. The summed E-state index contributed by atoms with van der Waals surface area (Å²) in [6, 6.07) is 3.65. The highest BCUT2D eigenvalue weighted by Gasteiger charge is 2.41. The number of fused-ring (bicyclic) bond motifs is 1. The van der Waals surface area contributed by atoms with Crippen LogP contribution in [0.15, 0.2) is 12.1 Å². The molecule has 1 aliphatic carbocycles. The highest BCUT2D eigenvalue weighted by molar-refractivity contribution is 5.95. The van der Waals surface area contributed by atoms with E-state index in [-0.39, 0.29) is 17.1 Å². The van der Waals surface area contributed by atoms with Crippen molar-refractivity contribution in [2.75, 3.05) is 11.9 Å². The molecule has 0 bridgehead atoms. The third kappa shape index (κ3) is 3.27. The average molecular weight is 318 g/mol. The molecule has 0 spiro atoms. The van der Waals surface area contributed by atoms with Crippen molar-refractivity contribution in [2.24, 2.45) is 11.3 Å². The standard InChI is InChI=1S/C19H27FN2O/c1-13(2)11-19(8-3-4-9-19)18(23)22-16-6-5-14-12-21-10-7-15(14)17(16)20/h5-6,13,21H,3-4,7-12H2,1-2H3,(H,22,23). The normalized spacial score (nSPS) is 19.7. The van der Waals surface area contributed by atoms with Crippen LogP contribution in [0.5, 0.6) is 0 Å². The molecule has 1 aromatic carbocycles. The molecule has 1 aromatic rings. The van der Waals surface area contributed by atoms with Crippen LogP contribution in [-0.2, 0) is 17.8 Å². The fraction of sp³-hybridized carbons (Fsp3) is 0.632. The summed E-state index contributed by atoms with van der Waals surface area (Å²) in [6.45, 7) is 5.80. The second-order valence-electron chi connectivity index (χ2n) is 7.53. The van der Waals surface area contributed by atoms with E-state index in [2.05, 4.69) is 24.5 Å². The Bertz CT molecular complexity index is 591. The molecule has 0 unspecified atom stereocenters. The zero-order chi connectivity index (χ0) is 16.4. The van der Waals surface area contributed by atoms with E-state index in [1.807, 2.05) is 6.07 Å². The molecule has 1 saturated carbocycles. The molecule has 23 heavy (non-hydrogen) atoms. The number of carbonyl (C=O) groups is 1. The van der Waals surface area contributed by atoms with Crippen LogP contribution in [0.1, 0.15) is 57.1 Å². The Labute approximate surface area is 138 Å². The first kappa shape index (κ1) is 16.4. The molecule has 0 atom stereocenters. The molecule has 0 saturated heterocycles. The summed E-state index contributed by atoms with van der Waals surface area (Å²) in [6.07, 6.45) is 5.61. The number of rotatable bonds is 4. The first-order chi connectivity index (χ1) is 11.0. The lowest BCUT2D eigenvalue weighted by Crippen LogP contribution is -2.35. The summed E-state index contributed by atoms with van der Waals surface area (Å²) in [5, 5.41) is 6.16. The van der Waals surface area contributed by atoms with Gasteiger partial charge in [0.15, 0.2) is 0 Å². The van der Waals surface area contributed by atoms with E-state index < -0.39 is 0 Å². The zero-order valence-corrected chi connectivity index (χ0v) is 14.2. The predicted molar refractivity (Wildman–Crippen MR) is 90.8 cm³/mol. The largest absolute Gasteiger partial charge is 0.323 e. The zero-order valence-electron chi connectivity index (χ0n) is 14.2. The molecule has 1 heterocycles. The molecular weight excluding hydrogens is 291 g/mol. The van der Waals surface area contributed by atoms with Crippen molar-refractivity contribution in [3.8, 4) is 0 Å². The maximum atomic E-state index is 14.7. The lowest BCUT2D eigenvalue weighted by Gasteiger charge is -2.30. The summed E-state index contributed by atoms with van der Waals surface area (Å²) in [7, 11) is 0. The number of hydrogen-bond acceptors (Lipinski definition) is 2. The monoisotopic (exact) mass is 318 g/mol. The SMILES string of the molecule is CC(C)CC1(C(=O)Nc2ccc3c(c2F)CCNC3)CCCC1. The minimum absolute atomic E-state index is 0.0106. The predicted octanol–water partition coefficient (Wildman–Crippen LogP) is 4.02. The third-order valence-electron chi connectivity index (χ3n) is 5.30. The number of halogens is 1. The fourth-order valence-electron chi connectivity index (χ4n) is 4.24. The van der Waals surface area contributed by atoms with Gasteiger partial charge in [0.1, 0.15) is 5.82 Å². The highest BCUT2D eigenvalue weighted by Crippen LogP contribution is 2.44. The highest BCUT2D eigenvalue weighted by atomic mass is 19.1. The second-order valence-corrected chi connectivity index (χ2v) is 7.53. The van der Waals surface area contributed by atoms with Crippen molar-refractivity contribution in [1.82, 2.24) is 5.32 Å². The van der Waals surface area contributed by atoms with E-state index in [4.69, 9.17) is 0 Å². The fourth-order valence-corrected chi connectivity index (χ4v) is 4.24. The Morgan fingerprint density at radius 3 is 2.78 bits per heavy atom. The third-order valence-corrected chi connectivity index (χ3v) is 5.30. The van der Waals surface area contributed by atoms with Crippen molar-refractivity contribution in [3.63, 3.8) is 0 Å². The van der Waals surface area contributed by atoms with Crippen LogP contribution in [0.4, 0.5) is 10.1 Å². The van der Waals surface area contributed by atoms with Crippen molar-refractivity contribution in [3.05, 3.63) is 29.1 Å². The van der Waals surface area contributed by atoms with Crippen molar-refractivity contribution in [2.45, 2.75) is 58.9 Å². The maximum Gasteiger partial charge on any atom is 0.230 e. The topological polar surface area (TPSA) is 41.1 Å². The average Bonchev–Trinajstić information content (AvgIpc) is 2.99. The quantitative estimate of drug-likeness (QED) is 0.880. The Kier molecular flexibility index (Phi) is 4.72. The molecule has 3 rings (SSSR count). The molecule has 2 N–H and O–H groups in total. The Hall–Kier alpha value is -1.42. The van der Waals surface area contributed by atoms with E-state index in [0.717, 1.165) is 49.8 Å². The molecule has 1 aliphatic heterocycles. The van der Waals surface area contributed by atoms with Gasteiger partial charge >= 0.3 is 0 Å². The molecule has 1 fully saturated rings. The van der Waals surface area contributed by atoms with E-state index in [9.17, 15) is 9.18 Å². The van der Waals surface area contributed by atoms with Crippen LogP contribution >= 0.6 is 0 Å². The van der Waals surface area contributed by atoms with Gasteiger partial charge in [-0.15, -0.1) is 0 Å². The summed E-state index contributed by atoms with van der Waals surface area (Å²) < 4.78 is 14.7. The minimum atomic E-state index is -0.307. The molecule has 0 radical (unpaired) electrons. The van der Waals surface area contributed by atoms with Gasteiger partial charge in [0.2, 0.25) is 5.91 Å². The van der Waals surface area contributed by atoms with Crippen LogP contribution in [0.25, 0.3) is 0 Å². The smallest absolute Gasteiger partial charge is 0.230 e. The van der Waals surface area contributed by atoms with Gasteiger partial charge in [-0.25, -0.2) is 4.39 Å². The molecule has 4 heteroatoms. The summed E-state index contributed by atoms with van der Waals surface area (Å²) in [5.41, 5.74) is 1.80. The van der Waals surface area contributed by atoms with Crippen LogP contribution in [0, 0.1) is 17.2 Å². The number of nitrogens with one attached hydrogen (secondary N) is 2. The maximum absolute atomic E-state index is 14.7. The Morgan fingerprint density at radius 1 is 1.35 bits per heavy atom. The molecule has 2 aliphatic rings. The van der Waals surface area contributed by atoms with Crippen LogP contribution in [0.3, 0.4) is 0 Å². The second kappa shape index (κ2) is 6.60. The van der Waals surface area contributed by atoms with E-state index in [1.165, 1.54) is 0 Å². The first-order valence-electron chi connectivity index (χ1n) is 8.84. The molecule has 0 aromatic heterocycles. The van der Waals surface area contributed by atoms with Crippen LogP contribution in [0.2, 0.25) is 0 Å². The van der Waals surface area contributed by atoms with Gasteiger partial charge in [-0.2, -0.15) is 0 Å². The number of carbonyl (C=O) groups excluding carboxylic acids is 1. The number of benzene rings is 1. The Morgan fingerprint density at radius 2 is 2.09 bits per heavy atom. The van der Waals surface area contributed by atoms with Gasteiger partial charge in [-0.05, 0) is 55.3 Å². The van der Waals surface area contributed by atoms with Gasteiger partial charge in [0.05, 0.1) is 5.69 Å². The number of anilines is 1. The van der Waals surface area contributed by atoms with Gasteiger partial charge in [0, 0.05) is 12.0 Å². The van der Waals surface area contributed by atoms with E-state index in [0.29, 0.717) is 24.6 Å². The Balaban J connectivity index is 1.82. The van der Waals surface area contributed by atoms with Gasteiger partial charge in [-0.3, -0.25) is 4.79 Å². The van der Waals surface area contributed by atoms with Crippen LogP contribution in [-0.4, -0.2) is 12.5 Å². The molecule has 126 valence electrons. The van der Waals surface area contributed by atoms with Gasteiger partial charge in [-0.1, -0.05) is 32.8 Å². The minimum Gasteiger partial charge on any atom is -0.323 e. The first-order valence-corrected chi connectivity index (χ1v) is 8.84. The summed E-state index contributed by atoms with van der Waals surface area (Å²) in [4.78, 5) is 12.9. The van der Waals surface area contributed by atoms with Crippen molar-refractivity contribution < 1.29 is 9.18 Å². The molecule has 3 nitrogen and oxygen atoms in total. The van der Waals surface area contributed by atoms with Crippen molar-refractivity contribution in [1.29, 1.82) is 0 Å². The molecular formula is C19H27FN2O. The lowest BCUT2D eigenvalue weighted by molar-refractivity contribution is -0.126. The molecule has 1 amide bonds. The summed E-state index contributed by atoms with van der Waals surface area (Å²) in [5.74, 6) is 0.241. The van der Waals surface area contributed by atoms with Gasteiger partial charge in [0.25, 0.3) is 0 Å². The van der Waals surface area contributed by atoms with E-state index in [1.54, 1.807) is 6.07 Å². The van der Waals surface area contributed by atoms with Gasteiger partial charge < -0.3 is 10.6 Å². The van der Waals surface area contributed by atoms with Crippen LogP contribution < -0.4 is 10.6 Å². The van der Waals surface area contributed by atoms with Crippen molar-refractivity contribution >= 4 is 11.6 Å².